The fourth-order valence-corrected chi connectivity index (χ4v) is 3.98. The van der Waals surface area contributed by atoms with Gasteiger partial charge >= 0.3 is 6.09 Å². The second kappa shape index (κ2) is 14.1. The molecule has 178 valence electrons. The molecule has 8 nitrogen and oxygen atoms in total. The second-order valence-corrected chi connectivity index (χ2v) is 8.96. The Morgan fingerprint density at radius 2 is 1.94 bits per heavy atom. The van der Waals surface area contributed by atoms with E-state index in [2.05, 4.69) is 27.9 Å². The zero-order chi connectivity index (χ0) is 24.2. The van der Waals surface area contributed by atoms with Crippen LogP contribution in [0, 0.1) is 3.57 Å². The molecular formula is C23H27IN2O6S. The Bertz CT molecular complexity index is 954. The summed E-state index contributed by atoms with van der Waals surface area (Å²) in [5.74, 6) is -0.657. The average molecular weight is 586 g/mol. The third kappa shape index (κ3) is 8.88. The van der Waals surface area contributed by atoms with Gasteiger partial charge in [0.15, 0.2) is 6.10 Å². The number of benzene rings is 2. The predicted octanol–water partition coefficient (Wildman–Crippen LogP) is 5.26. The zero-order valence-corrected chi connectivity index (χ0v) is 21.3. The van der Waals surface area contributed by atoms with E-state index in [1.807, 2.05) is 25.3 Å². The lowest BCUT2D eigenvalue weighted by molar-refractivity contribution is -0.124. The monoisotopic (exact) mass is 586 g/mol. The summed E-state index contributed by atoms with van der Waals surface area (Å²) in [6, 6.07) is 12.4. The quantitative estimate of drug-likeness (QED) is 0.0934. The molecule has 10 heteroatoms. The first-order chi connectivity index (χ1) is 15.9. The van der Waals surface area contributed by atoms with Crippen LogP contribution in [0.1, 0.15) is 31.4 Å². The first-order valence-electron chi connectivity index (χ1n) is 10.2. The molecule has 0 radical (unpaired) electrons. The number of thioether (sulfide) groups is 1. The highest BCUT2D eigenvalue weighted by Crippen LogP contribution is 2.34. The number of aromatic hydroxyl groups is 1. The first kappa shape index (κ1) is 27.0. The molecule has 0 aliphatic carbocycles. The van der Waals surface area contributed by atoms with E-state index < -0.39 is 24.2 Å². The summed E-state index contributed by atoms with van der Waals surface area (Å²) in [5, 5.41) is 21.8. The van der Waals surface area contributed by atoms with Crippen LogP contribution < -0.4 is 10.8 Å². The topological polar surface area (TPSA) is 117 Å². The van der Waals surface area contributed by atoms with Crippen LogP contribution in [0.2, 0.25) is 0 Å². The second-order valence-electron chi connectivity index (χ2n) is 6.83. The number of halogens is 1. The maximum absolute atomic E-state index is 12.7. The normalized spacial score (nSPS) is 12.8. The lowest BCUT2D eigenvalue weighted by Gasteiger charge is -2.28. The van der Waals surface area contributed by atoms with Gasteiger partial charge < -0.3 is 14.6 Å². The molecule has 2 rings (SSSR count). The van der Waals surface area contributed by atoms with E-state index in [-0.39, 0.29) is 5.75 Å². The van der Waals surface area contributed by atoms with Crippen LogP contribution in [0.15, 0.2) is 59.5 Å². The number of carbonyl (C=O) groups excluding carboxylic acids is 2. The number of anilines is 1. The van der Waals surface area contributed by atoms with Crippen molar-refractivity contribution >= 4 is 52.0 Å². The molecule has 0 fully saturated rings. The Morgan fingerprint density at radius 1 is 1.21 bits per heavy atom. The van der Waals surface area contributed by atoms with Crippen molar-refractivity contribution < 1.29 is 29.4 Å². The van der Waals surface area contributed by atoms with Gasteiger partial charge in [0.2, 0.25) is 0 Å². The smallest absolute Gasteiger partial charge is 0.412 e. The van der Waals surface area contributed by atoms with Crippen LogP contribution in [0.5, 0.6) is 5.75 Å². The van der Waals surface area contributed by atoms with Gasteiger partial charge in [0.05, 0.1) is 6.10 Å². The first-order valence-corrected chi connectivity index (χ1v) is 12.5. The van der Waals surface area contributed by atoms with E-state index in [0.717, 1.165) is 8.47 Å². The van der Waals surface area contributed by atoms with E-state index in [0.29, 0.717) is 30.7 Å². The van der Waals surface area contributed by atoms with Gasteiger partial charge in [0.1, 0.15) is 5.75 Å². The largest absolute Gasteiger partial charge is 0.508 e. The minimum atomic E-state index is -0.898. The minimum Gasteiger partial charge on any atom is -0.508 e. The molecule has 0 saturated carbocycles. The molecule has 0 spiro atoms. The summed E-state index contributed by atoms with van der Waals surface area (Å²) >= 11 is 3.71. The number of nitrogens with one attached hydrogen (secondary N) is 2. The van der Waals surface area contributed by atoms with Crippen molar-refractivity contribution in [3.8, 4) is 5.75 Å². The van der Waals surface area contributed by atoms with Crippen LogP contribution >= 0.6 is 34.4 Å². The Balaban J connectivity index is 2.24. The average Bonchev–Trinajstić information content (AvgIpc) is 2.81. The van der Waals surface area contributed by atoms with Crippen molar-refractivity contribution in [2.75, 3.05) is 18.2 Å². The lowest BCUT2D eigenvalue weighted by atomic mass is 9.99. The molecule has 0 aliphatic heterocycles. The van der Waals surface area contributed by atoms with E-state index in [1.54, 1.807) is 48.2 Å². The molecule has 0 bridgehead atoms. The van der Waals surface area contributed by atoms with Gasteiger partial charge in [-0.25, -0.2) is 10.3 Å². The fourth-order valence-electron chi connectivity index (χ4n) is 3.05. The summed E-state index contributed by atoms with van der Waals surface area (Å²) in [7, 11) is 0. The highest BCUT2D eigenvalue weighted by molar-refractivity contribution is 14.1. The number of hydrogen-bond acceptors (Lipinski definition) is 7. The Labute approximate surface area is 210 Å². The van der Waals surface area contributed by atoms with E-state index in [1.165, 1.54) is 11.6 Å². The molecule has 0 unspecified atom stereocenters. The third-order valence-electron chi connectivity index (χ3n) is 4.58. The molecular weight excluding hydrogens is 559 g/mol. The summed E-state index contributed by atoms with van der Waals surface area (Å²) in [5.41, 5.74) is 2.53. The van der Waals surface area contributed by atoms with Crippen LogP contribution in [0.25, 0.3) is 0 Å². The molecule has 2 amide bonds. The van der Waals surface area contributed by atoms with Crippen molar-refractivity contribution in [2.24, 2.45) is 0 Å². The minimum absolute atomic E-state index is 0.0163. The number of ether oxygens (including phenoxy) is 2. The highest BCUT2D eigenvalue weighted by Gasteiger charge is 2.30. The van der Waals surface area contributed by atoms with Crippen molar-refractivity contribution in [3.63, 3.8) is 0 Å². The number of rotatable bonds is 11. The standard InChI is InChI=1S/C23H27IN2O6S/c1-3-31-20(6-4-5-7-21(28)26-30)22(18-14-15(24)8-13-19(18)27)32-23(29)25-16-9-11-17(33-2)12-10-16/h5,7-14,20,22,27,30H,3-4,6H2,1-2H3,(H,25,29)(H,26,28)/b7-5+/t20-,22-/m1/s1. The molecule has 2 aromatic rings. The van der Waals surface area contributed by atoms with Gasteiger partial charge in [-0.15, -0.1) is 11.8 Å². The molecule has 2 atom stereocenters. The van der Waals surface area contributed by atoms with E-state index in [4.69, 9.17) is 14.7 Å². The third-order valence-corrected chi connectivity index (χ3v) is 6.00. The number of amides is 2. The SMILES string of the molecule is CCO[C@H](CC/C=C/C(=O)NO)[C@H](OC(=O)Nc1ccc(SC)cc1)c1cc(I)ccc1O. The molecule has 0 heterocycles. The summed E-state index contributed by atoms with van der Waals surface area (Å²) in [4.78, 5) is 25.0. The maximum Gasteiger partial charge on any atom is 0.412 e. The molecule has 0 aromatic heterocycles. The maximum atomic E-state index is 12.7. The van der Waals surface area contributed by atoms with Crippen LogP contribution in [0.3, 0.4) is 0 Å². The number of carbonyl (C=O) groups is 2. The van der Waals surface area contributed by atoms with Crippen LogP contribution in [-0.2, 0) is 14.3 Å². The molecule has 0 aliphatic rings. The predicted molar refractivity (Wildman–Crippen MR) is 136 cm³/mol. The van der Waals surface area contributed by atoms with E-state index in [9.17, 15) is 14.7 Å². The molecule has 2 aromatic carbocycles. The van der Waals surface area contributed by atoms with Crippen molar-refractivity contribution in [1.82, 2.24) is 5.48 Å². The van der Waals surface area contributed by atoms with Crippen molar-refractivity contribution in [2.45, 2.75) is 36.9 Å². The number of hydroxylamine groups is 1. The summed E-state index contributed by atoms with van der Waals surface area (Å²) in [6.07, 6.45) is 3.39. The van der Waals surface area contributed by atoms with Gasteiger partial charge in [-0.1, -0.05) is 6.08 Å². The number of hydrogen-bond donors (Lipinski definition) is 4. The van der Waals surface area contributed by atoms with Crippen molar-refractivity contribution in [3.05, 3.63) is 63.8 Å². The van der Waals surface area contributed by atoms with Gasteiger partial charge in [-0.3, -0.25) is 15.3 Å². The van der Waals surface area contributed by atoms with Gasteiger partial charge in [-0.2, -0.15) is 0 Å². The Kier molecular flexibility index (Phi) is 11.5. The number of phenolic OH excluding ortho intramolecular Hbond substituents is 1. The summed E-state index contributed by atoms with van der Waals surface area (Å²) in [6.45, 7) is 2.18. The zero-order valence-electron chi connectivity index (χ0n) is 18.3. The fraction of sp³-hybridized carbons (Fsp3) is 0.304. The van der Waals surface area contributed by atoms with Gasteiger partial charge in [0.25, 0.3) is 5.91 Å². The Morgan fingerprint density at radius 3 is 2.58 bits per heavy atom. The number of allylic oxidation sites excluding steroid dienone is 1. The van der Waals surface area contributed by atoms with Gasteiger partial charge in [0, 0.05) is 32.4 Å². The van der Waals surface area contributed by atoms with E-state index >= 15 is 0 Å². The van der Waals surface area contributed by atoms with Gasteiger partial charge in [-0.05, 0) is 91.1 Å². The van der Waals surface area contributed by atoms with Crippen LogP contribution in [0.4, 0.5) is 10.5 Å². The Hall–Kier alpha value is -2.28. The highest BCUT2D eigenvalue weighted by atomic mass is 127. The van der Waals surface area contributed by atoms with Crippen molar-refractivity contribution in [1.29, 1.82) is 0 Å². The summed E-state index contributed by atoms with van der Waals surface area (Å²) < 4.78 is 12.5. The number of phenols is 1. The molecule has 4 N–H and O–H groups in total. The molecule has 0 saturated heterocycles. The van der Waals surface area contributed by atoms with Crippen LogP contribution in [-0.4, -0.2) is 41.3 Å². The lowest BCUT2D eigenvalue weighted by Crippen LogP contribution is -2.29. The molecule has 33 heavy (non-hydrogen) atoms.